The van der Waals surface area contributed by atoms with Gasteiger partial charge in [-0.3, -0.25) is 57.9 Å². The summed E-state index contributed by atoms with van der Waals surface area (Å²) in [6.45, 7) is 1.25. The molecule has 1 fully saturated rings. The van der Waals surface area contributed by atoms with Gasteiger partial charge < -0.3 is 81.9 Å². The van der Waals surface area contributed by atoms with Gasteiger partial charge in [0.05, 0.1) is 0 Å². The molecule has 0 radical (unpaired) electrons. The highest BCUT2D eigenvalue weighted by Gasteiger charge is 2.35. The summed E-state index contributed by atoms with van der Waals surface area (Å²) in [6.07, 6.45) is 0.170. The topological polar surface area (TPSA) is 464 Å². The van der Waals surface area contributed by atoms with Crippen LogP contribution >= 0.6 is 0 Å². The zero-order valence-electron chi connectivity index (χ0n) is 42.4. The van der Waals surface area contributed by atoms with E-state index in [0.29, 0.717) is 11.1 Å². The summed E-state index contributed by atoms with van der Waals surface area (Å²) in [7, 11) is 0. The molecule has 7 atom stereocenters. The number of nitrogens with two attached hydrogens (primary N) is 6. The zero-order chi connectivity index (χ0) is 55.7. The van der Waals surface area contributed by atoms with Crippen LogP contribution < -0.4 is 76.9 Å². The van der Waals surface area contributed by atoms with Crippen LogP contribution in [0.3, 0.4) is 0 Å². The molecule has 76 heavy (non-hydrogen) atoms. The molecule has 2 heterocycles. The summed E-state index contributed by atoms with van der Waals surface area (Å²) >= 11 is 0. The molecule has 27 heteroatoms. The number of hydrogen-bond donors (Lipinski definition) is 15. The number of hydrogen-bond acceptors (Lipinski definition) is 12. The number of carbonyl (C=O) groups excluding carboxylic acids is 10. The second kappa shape index (κ2) is 30.4. The van der Waals surface area contributed by atoms with Gasteiger partial charge in [0, 0.05) is 69.3 Å². The van der Waals surface area contributed by atoms with Crippen LogP contribution in [0.5, 0.6) is 0 Å². The van der Waals surface area contributed by atoms with Crippen molar-refractivity contribution >= 4 is 81.9 Å². The Bertz CT molecular complexity index is 2580. The number of para-hydroxylation sites is 1. The molecule has 1 aliphatic heterocycles. The third kappa shape index (κ3) is 20.6. The molecule has 3 aromatic rings. The van der Waals surface area contributed by atoms with E-state index in [9.17, 15) is 47.9 Å². The van der Waals surface area contributed by atoms with Crippen molar-refractivity contribution in [3.8, 4) is 0 Å². The van der Waals surface area contributed by atoms with Crippen LogP contribution in [0.4, 0.5) is 0 Å². The van der Waals surface area contributed by atoms with Gasteiger partial charge in [0.25, 0.3) is 0 Å². The van der Waals surface area contributed by atoms with Gasteiger partial charge in [-0.05, 0) is 68.6 Å². The molecule has 1 saturated heterocycles. The largest absolute Gasteiger partial charge is 0.370 e. The van der Waals surface area contributed by atoms with Crippen molar-refractivity contribution in [2.45, 2.75) is 126 Å². The quantitative estimate of drug-likeness (QED) is 0.0309. The van der Waals surface area contributed by atoms with Crippen molar-refractivity contribution in [1.82, 2.24) is 47.5 Å². The Kier molecular flexibility index (Phi) is 23.9. The number of fused-ring (bicyclic) bond motifs is 1. The number of rotatable bonds is 19. The number of aliphatic imine (C=N–C) groups is 2. The highest BCUT2D eigenvalue weighted by molar-refractivity contribution is 5.98. The summed E-state index contributed by atoms with van der Waals surface area (Å²) in [6, 6.07) is 5.87. The lowest BCUT2D eigenvalue weighted by Gasteiger charge is -2.28. The number of nitrogens with one attached hydrogen (secondary N) is 9. The predicted octanol–water partition coefficient (Wildman–Crippen LogP) is -4.09. The fourth-order valence-corrected chi connectivity index (χ4v) is 8.22. The summed E-state index contributed by atoms with van der Waals surface area (Å²) in [5.41, 5.74) is 35.1. The minimum absolute atomic E-state index is 0.0231. The second-order valence-corrected chi connectivity index (χ2v) is 18.2. The van der Waals surface area contributed by atoms with Crippen molar-refractivity contribution in [3.05, 3.63) is 71.9 Å². The Labute approximate surface area is 438 Å². The molecule has 10 amide bonds. The SMILES string of the molecule is CC(=O)N[C@@H](CCCN=C(N)N)C(=O)NC1CCCNC(=O)CCC(C(N)=O)NC(=O)[C@H](Cc2c[nH]c3ccccc23)NC(=O)[C@H](CCCN=C(N)N)NC(=O)C(Cc2ccccc2)NC(=O)[C@H](CCC(N)=O)NC1=O. The average Bonchev–Trinajstić information content (AvgIpc) is 3.78. The van der Waals surface area contributed by atoms with E-state index in [1.54, 1.807) is 48.7 Å². The molecule has 27 nitrogen and oxygen atoms in total. The molecule has 1 aliphatic rings. The van der Waals surface area contributed by atoms with E-state index in [1.165, 1.54) is 6.92 Å². The zero-order valence-corrected chi connectivity index (χ0v) is 42.4. The van der Waals surface area contributed by atoms with E-state index >= 15 is 0 Å². The number of benzene rings is 2. The Hall–Kier alpha value is -8.78. The second-order valence-electron chi connectivity index (χ2n) is 18.2. The van der Waals surface area contributed by atoms with Gasteiger partial charge >= 0.3 is 0 Å². The van der Waals surface area contributed by atoms with Gasteiger partial charge in [0.1, 0.15) is 42.3 Å². The molecule has 0 saturated carbocycles. The third-order valence-corrected chi connectivity index (χ3v) is 12.1. The molecule has 412 valence electrons. The van der Waals surface area contributed by atoms with Crippen molar-refractivity contribution in [2.24, 2.45) is 44.4 Å². The molecule has 3 unspecified atom stereocenters. The van der Waals surface area contributed by atoms with Crippen molar-refractivity contribution in [3.63, 3.8) is 0 Å². The fraction of sp³-hybridized carbons (Fsp3) is 0.469. The normalized spacial score (nSPS) is 20.9. The van der Waals surface area contributed by atoms with Crippen LogP contribution in [0.25, 0.3) is 10.9 Å². The van der Waals surface area contributed by atoms with Gasteiger partial charge in [-0.25, -0.2) is 0 Å². The number of aromatic nitrogens is 1. The Morgan fingerprint density at radius 3 is 1.89 bits per heavy atom. The van der Waals surface area contributed by atoms with E-state index in [2.05, 4.69) is 57.5 Å². The van der Waals surface area contributed by atoms with E-state index in [0.717, 1.165) is 10.9 Å². The number of amides is 10. The van der Waals surface area contributed by atoms with Gasteiger partial charge in [0.2, 0.25) is 59.1 Å². The highest BCUT2D eigenvalue weighted by Crippen LogP contribution is 2.20. The van der Waals surface area contributed by atoms with Crippen LogP contribution in [0.1, 0.15) is 82.3 Å². The Balaban J connectivity index is 1.78. The Morgan fingerprint density at radius 1 is 0.671 bits per heavy atom. The summed E-state index contributed by atoms with van der Waals surface area (Å²) in [4.78, 5) is 147. The fourth-order valence-electron chi connectivity index (χ4n) is 8.22. The number of guanidine groups is 2. The van der Waals surface area contributed by atoms with Crippen molar-refractivity contribution in [1.29, 1.82) is 0 Å². The molecule has 0 aliphatic carbocycles. The molecule has 21 N–H and O–H groups in total. The lowest BCUT2D eigenvalue weighted by molar-refractivity contribution is -0.136. The maximum atomic E-state index is 14.6. The van der Waals surface area contributed by atoms with Crippen LogP contribution in [-0.4, -0.2) is 138 Å². The number of primary amides is 2. The predicted molar refractivity (Wildman–Crippen MR) is 280 cm³/mol. The minimum atomic E-state index is -1.56. The lowest BCUT2D eigenvalue weighted by Crippen LogP contribution is -2.60. The highest BCUT2D eigenvalue weighted by atomic mass is 16.2. The number of H-pyrrole nitrogens is 1. The first-order chi connectivity index (χ1) is 36.2. The van der Waals surface area contributed by atoms with Crippen molar-refractivity contribution < 1.29 is 47.9 Å². The van der Waals surface area contributed by atoms with E-state index in [4.69, 9.17) is 34.4 Å². The lowest BCUT2D eigenvalue weighted by atomic mass is 10.0. The monoisotopic (exact) mass is 1060 g/mol. The number of nitrogens with zero attached hydrogens (tertiary/aromatic N) is 2. The molecule has 1 aromatic heterocycles. The van der Waals surface area contributed by atoms with Gasteiger partial charge in [-0.2, -0.15) is 0 Å². The molecule has 2 aromatic carbocycles. The Morgan fingerprint density at radius 2 is 1.25 bits per heavy atom. The third-order valence-electron chi connectivity index (χ3n) is 12.1. The maximum Gasteiger partial charge on any atom is 0.243 e. The first-order valence-electron chi connectivity index (χ1n) is 24.8. The molecular weight excluding hydrogens is 987 g/mol. The molecule has 0 spiro atoms. The molecule has 4 rings (SSSR count). The van der Waals surface area contributed by atoms with Gasteiger partial charge in [-0.15, -0.1) is 0 Å². The standard InChI is InChI=1S/C49H71N17O10/c1-27(67)60-33(14-8-22-57-48(52)53)42(71)62-34-15-7-21-56-40(69)20-18-32(41(51)70)61-47(76)38(25-29-26-59-31-13-6-5-12-30(29)31)66-44(73)35(16-9-23-58-49(54)55)63-46(75)37(24-28-10-3-2-4-11-28)65-45(74)36(64-43(34)72)17-19-39(50)68/h2-6,10-13,26,32-38,59H,7-9,14-25H2,1H3,(H2,50,68)(H2,51,70)(H,56,69)(H,60,67)(H,61,76)(H,62,71)(H,63,75)(H,64,72)(H,65,74)(H,66,73)(H4,52,53,57)(H4,54,55,58)/t32?,33-,34?,35-,36-,37?,38-/m0/s1. The smallest absolute Gasteiger partial charge is 0.243 e. The molecular formula is C49H71N17O10. The van der Waals surface area contributed by atoms with Crippen LogP contribution in [0, 0.1) is 0 Å². The molecule has 0 bridgehead atoms. The van der Waals surface area contributed by atoms with E-state index in [-0.39, 0.29) is 102 Å². The average molecular weight is 1060 g/mol. The first kappa shape index (κ1) is 59.8. The van der Waals surface area contributed by atoms with Crippen LogP contribution in [0.15, 0.2) is 70.8 Å². The summed E-state index contributed by atoms with van der Waals surface area (Å²) < 4.78 is 0. The number of carbonyl (C=O) groups is 10. The summed E-state index contributed by atoms with van der Waals surface area (Å²) in [5, 5.41) is 21.8. The maximum absolute atomic E-state index is 14.6. The van der Waals surface area contributed by atoms with E-state index in [1.807, 2.05) is 12.1 Å². The van der Waals surface area contributed by atoms with Crippen LogP contribution in [-0.2, 0) is 60.8 Å². The van der Waals surface area contributed by atoms with E-state index < -0.39 is 108 Å². The van der Waals surface area contributed by atoms with Gasteiger partial charge in [-0.1, -0.05) is 48.5 Å². The van der Waals surface area contributed by atoms with Crippen LogP contribution in [0.2, 0.25) is 0 Å². The van der Waals surface area contributed by atoms with Crippen molar-refractivity contribution in [2.75, 3.05) is 19.6 Å². The number of aromatic amines is 1. The summed E-state index contributed by atoms with van der Waals surface area (Å²) in [5.74, 6) is -8.62. The van der Waals surface area contributed by atoms with Gasteiger partial charge in [0.15, 0.2) is 11.9 Å². The first-order valence-corrected chi connectivity index (χ1v) is 24.8. The minimum Gasteiger partial charge on any atom is -0.370 e.